The van der Waals surface area contributed by atoms with E-state index in [-0.39, 0.29) is 24.9 Å². The lowest BCUT2D eigenvalue weighted by Crippen LogP contribution is -2.46. The molecule has 0 spiro atoms. The summed E-state index contributed by atoms with van der Waals surface area (Å²) < 4.78 is 5.90. The molecular weight excluding hydrogens is 731 g/mol. The number of aliphatic hydroxyl groups excluding tert-OH is 2. The molecule has 0 aromatic heterocycles. The number of carbonyl (C=O) groups excluding carboxylic acids is 2. The van der Waals surface area contributed by atoms with Gasteiger partial charge in [0.1, 0.15) is 6.10 Å². The van der Waals surface area contributed by atoms with E-state index in [1.54, 1.807) is 0 Å². The molecule has 0 heterocycles. The fourth-order valence-electron chi connectivity index (χ4n) is 7.77. The maximum atomic E-state index is 13.2. The summed E-state index contributed by atoms with van der Waals surface area (Å²) in [6, 6.07) is -0.713. The van der Waals surface area contributed by atoms with Crippen molar-refractivity contribution >= 4 is 11.9 Å². The number of allylic oxidation sites excluding steroid dienone is 6. The molecule has 0 bridgehead atoms. The molecule has 6 heteroatoms. The predicted molar refractivity (Wildman–Crippen MR) is 255 cm³/mol. The number of hydrogen-bond acceptors (Lipinski definition) is 5. The average Bonchev–Trinajstić information content (AvgIpc) is 3.23. The third-order valence-corrected chi connectivity index (χ3v) is 11.7. The second kappa shape index (κ2) is 47.1. The molecular formula is C53H99NO5. The highest BCUT2D eigenvalue weighted by atomic mass is 16.5. The molecule has 0 aromatic carbocycles. The van der Waals surface area contributed by atoms with Gasteiger partial charge in [0.15, 0.2) is 0 Å². The first-order valence-electron chi connectivity index (χ1n) is 25.7. The van der Waals surface area contributed by atoms with E-state index < -0.39 is 18.2 Å². The number of unbranched alkanes of at least 4 members (excludes halogenated alkanes) is 29. The third-order valence-electron chi connectivity index (χ3n) is 11.7. The van der Waals surface area contributed by atoms with E-state index in [0.29, 0.717) is 19.3 Å². The zero-order chi connectivity index (χ0) is 43.1. The van der Waals surface area contributed by atoms with Crippen LogP contribution in [0.25, 0.3) is 0 Å². The first kappa shape index (κ1) is 57.1. The molecule has 59 heavy (non-hydrogen) atoms. The smallest absolute Gasteiger partial charge is 0.306 e. The molecule has 1 amide bonds. The molecule has 0 aromatic rings. The summed E-state index contributed by atoms with van der Waals surface area (Å²) in [5.41, 5.74) is 0. The van der Waals surface area contributed by atoms with Gasteiger partial charge in [-0.3, -0.25) is 9.59 Å². The van der Waals surface area contributed by atoms with Crippen molar-refractivity contribution < 1.29 is 24.5 Å². The number of esters is 1. The largest absolute Gasteiger partial charge is 0.462 e. The Labute approximate surface area is 366 Å². The van der Waals surface area contributed by atoms with Crippen LogP contribution in [0.4, 0.5) is 0 Å². The lowest BCUT2D eigenvalue weighted by molar-refractivity contribution is -0.151. The van der Waals surface area contributed by atoms with Gasteiger partial charge >= 0.3 is 5.97 Å². The number of amides is 1. The summed E-state index contributed by atoms with van der Waals surface area (Å²) in [6.45, 7) is 6.45. The van der Waals surface area contributed by atoms with E-state index in [1.165, 1.54) is 161 Å². The molecule has 0 fully saturated rings. The van der Waals surface area contributed by atoms with Crippen LogP contribution in [0.3, 0.4) is 0 Å². The van der Waals surface area contributed by atoms with E-state index >= 15 is 0 Å². The van der Waals surface area contributed by atoms with Gasteiger partial charge in [0.05, 0.1) is 25.2 Å². The molecule has 0 saturated carbocycles. The number of nitrogens with one attached hydrogen (secondary N) is 1. The third kappa shape index (κ3) is 42.6. The summed E-state index contributed by atoms with van der Waals surface area (Å²) in [6.07, 6.45) is 54.9. The molecule has 0 rings (SSSR count). The molecule has 3 atom stereocenters. The van der Waals surface area contributed by atoms with Gasteiger partial charge in [-0.1, -0.05) is 218 Å². The predicted octanol–water partition coefficient (Wildman–Crippen LogP) is 15.3. The fraction of sp³-hybridized carbons (Fsp3) is 0.849. The van der Waals surface area contributed by atoms with Crippen LogP contribution in [0.5, 0.6) is 0 Å². The van der Waals surface area contributed by atoms with Gasteiger partial charge in [-0.05, 0) is 70.6 Å². The molecule has 6 nitrogen and oxygen atoms in total. The number of ether oxygens (including phenoxy) is 1. The molecule has 0 aliphatic rings. The highest BCUT2D eigenvalue weighted by molar-refractivity contribution is 5.77. The average molecular weight is 830 g/mol. The normalized spacial score (nSPS) is 13.5. The second-order valence-corrected chi connectivity index (χ2v) is 17.6. The fourth-order valence-corrected chi connectivity index (χ4v) is 7.77. The highest BCUT2D eigenvalue weighted by Gasteiger charge is 2.24. The second-order valence-electron chi connectivity index (χ2n) is 17.6. The quantitative estimate of drug-likeness (QED) is 0.0246. The van der Waals surface area contributed by atoms with Crippen LogP contribution in [0.1, 0.15) is 265 Å². The van der Waals surface area contributed by atoms with Gasteiger partial charge in [0.2, 0.25) is 5.91 Å². The van der Waals surface area contributed by atoms with Crippen LogP contribution in [0, 0.1) is 0 Å². The number of carbonyl (C=O) groups is 2. The molecule has 346 valence electrons. The van der Waals surface area contributed by atoms with Crippen molar-refractivity contribution in [3.8, 4) is 0 Å². The Bertz CT molecular complexity index is 977. The van der Waals surface area contributed by atoms with Gasteiger partial charge in [0, 0.05) is 6.42 Å². The summed E-state index contributed by atoms with van der Waals surface area (Å²) in [7, 11) is 0. The number of hydrogen-bond donors (Lipinski definition) is 3. The summed E-state index contributed by atoms with van der Waals surface area (Å²) >= 11 is 0. The van der Waals surface area contributed by atoms with Crippen molar-refractivity contribution in [1.29, 1.82) is 0 Å². The van der Waals surface area contributed by atoms with Crippen molar-refractivity contribution in [1.82, 2.24) is 5.32 Å². The van der Waals surface area contributed by atoms with Crippen LogP contribution in [0.15, 0.2) is 36.5 Å². The standard InChI is InChI=1S/C53H99NO5/c1-4-7-10-13-16-19-22-24-26-28-31-34-37-40-43-46-53(58)59-49(44-41-38-35-32-30-27-25-23-20-17-14-11-8-5-2)47-52(57)54-50(48-55)51(56)45-42-39-36-33-29-21-18-15-12-9-6-3/h19,22,27,30,32,35,49-51,55-56H,4-18,20-21,23-26,28-29,31,33-34,36-48H2,1-3H3,(H,54,57)/b22-19-,30-27+,35-32+. The Morgan fingerprint density at radius 2 is 0.881 bits per heavy atom. The van der Waals surface area contributed by atoms with Crippen molar-refractivity contribution in [2.75, 3.05) is 6.61 Å². The minimum atomic E-state index is -0.797. The minimum absolute atomic E-state index is 0.0452. The van der Waals surface area contributed by atoms with Gasteiger partial charge in [-0.2, -0.15) is 0 Å². The molecule has 3 N–H and O–H groups in total. The van der Waals surface area contributed by atoms with Crippen LogP contribution < -0.4 is 5.32 Å². The van der Waals surface area contributed by atoms with Crippen LogP contribution >= 0.6 is 0 Å². The van der Waals surface area contributed by atoms with Crippen LogP contribution in [0.2, 0.25) is 0 Å². The Kier molecular flexibility index (Phi) is 45.6. The maximum Gasteiger partial charge on any atom is 0.306 e. The lowest BCUT2D eigenvalue weighted by atomic mass is 10.0. The molecule has 3 unspecified atom stereocenters. The van der Waals surface area contributed by atoms with E-state index in [1.807, 2.05) is 0 Å². The first-order valence-corrected chi connectivity index (χ1v) is 25.7. The highest BCUT2D eigenvalue weighted by Crippen LogP contribution is 2.17. The summed E-state index contributed by atoms with van der Waals surface area (Å²) in [4.78, 5) is 26.1. The minimum Gasteiger partial charge on any atom is -0.462 e. The molecule has 0 aliphatic heterocycles. The topological polar surface area (TPSA) is 95.9 Å². The zero-order valence-corrected chi connectivity index (χ0v) is 39.4. The Morgan fingerprint density at radius 3 is 1.36 bits per heavy atom. The van der Waals surface area contributed by atoms with Crippen molar-refractivity contribution in [2.45, 2.75) is 283 Å². The van der Waals surface area contributed by atoms with Gasteiger partial charge in [-0.15, -0.1) is 0 Å². The van der Waals surface area contributed by atoms with E-state index in [0.717, 1.165) is 57.8 Å². The van der Waals surface area contributed by atoms with Crippen LogP contribution in [-0.4, -0.2) is 46.9 Å². The zero-order valence-electron chi connectivity index (χ0n) is 39.4. The summed E-state index contributed by atoms with van der Waals surface area (Å²) in [5, 5.41) is 23.7. The Balaban J connectivity index is 4.64. The SMILES string of the molecule is CCCCCC/C=C\CCCCCCCCCC(=O)OC(CCC/C=C/C=C/CCCCCCCCC)CC(=O)NC(CO)C(O)CCCCCCCCCCCCC. The lowest BCUT2D eigenvalue weighted by Gasteiger charge is -2.24. The first-order chi connectivity index (χ1) is 29.0. The van der Waals surface area contributed by atoms with E-state index in [2.05, 4.69) is 62.5 Å². The maximum absolute atomic E-state index is 13.2. The van der Waals surface area contributed by atoms with Crippen molar-refractivity contribution in [2.24, 2.45) is 0 Å². The van der Waals surface area contributed by atoms with Crippen molar-refractivity contribution in [3.63, 3.8) is 0 Å². The van der Waals surface area contributed by atoms with Gasteiger partial charge in [-0.25, -0.2) is 0 Å². The van der Waals surface area contributed by atoms with Gasteiger partial charge in [0.25, 0.3) is 0 Å². The molecule has 0 radical (unpaired) electrons. The monoisotopic (exact) mass is 830 g/mol. The van der Waals surface area contributed by atoms with Gasteiger partial charge < -0.3 is 20.3 Å². The van der Waals surface area contributed by atoms with Crippen LogP contribution in [-0.2, 0) is 14.3 Å². The summed E-state index contributed by atoms with van der Waals surface area (Å²) in [5.74, 6) is -0.519. The molecule has 0 aliphatic carbocycles. The Morgan fingerprint density at radius 1 is 0.492 bits per heavy atom. The molecule has 0 saturated heterocycles. The number of aliphatic hydroxyl groups is 2. The van der Waals surface area contributed by atoms with E-state index in [4.69, 9.17) is 4.74 Å². The van der Waals surface area contributed by atoms with Crippen molar-refractivity contribution in [3.05, 3.63) is 36.5 Å². The Hall–Kier alpha value is -1.92. The van der Waals surface area contributed by atoms with E-state index in [9.17, 15) is 19.8 Å². The number of rotatable bonds is 46.